The van der Waals surface area contributed by atoms with E-state index in [1.54, 1.807) is 19.3 Å². The summed E-state index contributed by atoms with van der Waals surface area (Å²) in [5, 5.41) is 3.30. The average molecular weight is 266 g/mol. The van der Waals surface area contributed by atoms with Gasteiger partial charge in [-0.15, -0.1) is 0 Å². The molecule has 0 aliphatic heterocycles. The molecule has 0 amide bonds. The van der Waals surface area contributed by atoms with E-state index in [9.17, 15) is 0 Å². The molecule has 2 rings (SSSR count). The number of anilines is 2. The number of hydrogen-bond donors (Lipinski definition) is 1. The maximum Gasteiger partial charge on any atom is 0.134 e. The van der Waals surface area contributed by atoms with Gasteiger partial charge in [0.25, 0.3) is 0 Å². The topological polar surface area (TPSA) is 34.1 Å². The van der Waals surface area contributed by atoms with Crippen LogP contribution in [0.3, 0.4) is 0 Å². The molecule has 0 radical (unpaired) electrons. The lowest BCUT2D eigenvalue weighted by Gasteiger charge is -2.12. The van der Waals surface area contributed by atoms with E-state index in [1.807, 2.05) is 37.3 Å². The van der Waals surface area contributed by atoms with Crippen LogP contribution in [0.2, 0.25) is 0 Å². The summed E-state index contributed by atoms with van der Waals surface area (Å²) in [6.45, 7) is 9.59. The molecule has 3 nitrogen and oxygen atoms in total. The minimum Gasteiger partial charge on any atom is -0.497 e. The largest absolute Gasteiger partial charge is 0.497 e. The van der Waals surface area contributed by atoms with Crippen molar-refractivity contribution >= 4 is 23.7 Å². The summed E-state index contributed by atoms with van der Waals surface area (Å²) < 4.78 is 5.14. The van der Waals surface area contributed by atoms with Crippen LogP contribution in [0.5, 0.6) is 5.75 Å². The number of ether oxygens (including phenoxy) is 1. The summed E-state index contributed by atoms with van der Waals surface area (Å²) in [7, 11) is 1.65. The van der Waals surface area contributed by atoms with Gasteiger partial charge in [0.05, 0.1) is 12.8 Å². The zero-order chi connectivity index (χ0) is 14.5. The van der Waals surface area contributed by atoms with Crippen molar-refractivity contribution in [3.05, 3.63) is 60.3 Å². The molecule has 0 spiro atoms. The average Bonchev–Trinajstić information content (AvgIpc) is 2.49. The van der Waals surface area contributed by atoms with E-state index >= 15 is 0 Å². The SMILES string of the molecule is C=Cc1cc(C)c(Nc2ccc(OC)cc2)nc1C=C. The predicted octanol–water partition coefficient (Wildman–Crippen LogP) is 4.43. The normalized spacial score (nSPS) is 9.90. The van der Waals surface area contributed by atoms with Gasteiger partial charge in [0.15, 0.2) is 0 Å². The van der Waals surface area contributed by atoms with Gasteiger partial charge >= 0.3 is 0 Å². The third-order valence-electron chi connectivity index (χ3n) is 3.04. The Labute approximate surface area is 119 Å². The third-order valence-corrected chi connectivity index (χ3v) is 3.04. The lowest BCUT2D eigenvalue weighted by Crippen LogP contribution is -1.99. The Balaban J connectivity index is 2.32. The van der Waals surface area contributed by atoms with Gasteiger partial charge in [-0.25, -0.2) is 4.98 Å². The summed E-state index contributed by atoms with van der Waals surface area (Å²) in [5.41, 5.74) is 3.82. The monoisotopic (exact) mass is 266 g/mol. The minimum atomic E-state index is 0.815. The van der Waals surface area contributed by atoms with Crippen molar-refractivity contribution in [1.82, 2.24) is 4.98 Å². The van der Waals surface area contributed by atoms with Gasteiger partial charge in [-0.2, -0.15) is 0 Å². The first-order valence-corrected chi connectivity index (χ1v) is 6.35. The number of hydrogen-bond acceptors (Lipinski definition) is 3. The quantitative estimate of drug-likeness (QED) is 0.869. The highest BCUT2D eigenvalue weighted by atomic mass is 16.5. The second-order valence-electron chi connectivity index (χ2n) is 4.39. The Morgan fingerprint density at radius 1 is 1.15 bits per heavy atom. The first-order valence-electron chi connectivity index (χ1n) is 6.35. The fraction of sp³-hybridized carbons (Fsp3) is 0.118. The number of benzene rings is 1. The van der Waals surface area contributed by atoms with Gasteiger partial charge < -0.3 is 10.1 Å². The highest BCUT2D eigenvalue weighted by Crippen LogP contribution is 2.23. The van der Waals surface area contributed by atoms with Crippen molar-refractivity contribution < 1.29 is 4.74 Å². The fourth-order valence-electron chi connectivity index (χ4n) is 1.91. The number of nitrogens with zero attached hydrogens (tertiary/aromatic N) is 1. The smallest absolute Gasteiger partial charge is 0.134 e. The molecule has 20 heavy (non-hydrogen) atoms. The Kier molecular flexibility index (Phi) is 4.20. The molecule has 1 aromatic heterocycles. The highest BCUT2D eigenvalue weighted by molar-refractivity contribution is 5.68. The molecule has 0 aliphatic carbocycles. The molecule has 0 saturated carbocycles. The van der Waals surface area contributed by atoms with E-state index in [4.69, 9.17) is 4.74 Å². The number of nitrogens with one attached hydrogen (secondary N) is 1. The van der Waals surface area contributed by atoms with Gasteiger partial charge in [0.2, 0.25) is 0 Å². The highest BCUT2D eigenvalue weighted by Gasteiger charge is 2.06. The second kappa shape index (κ2) is 6.06. The van der Waals surface area contributed by atoms with E-state index in [-0.39, 0.29) is 0 Å². The molecule has 1 heterocycles. The van der Waals surface area contributed by atoms with Crippen LogP contribution in [0.1, 0.15) is 16.8 Å². The maximum atomic E-state index is 5.14. The number of aromatic nitrogens is 1. The molecule has 0 atom stereocenters. The maximum absolute atomic E-state index is 5.14. The van der Waals surface area contributed by atoms with E-state index in [1.165, 1.54) is 0 Å². The summed E-state index contributed by atoms with van der Waals surface area (Å²) >= 11 is 0. The van der Waals surface area contributed by atoms with Crippen LogP contribution in [0.15, 0.2) is 43.5 Å². The lowest BCUT2D eigenvalue weighted by atomic mass is 10.1. The molecule has 0 saturated heterocycles. The first kappa shape index (κ1) is 13.9. The van der Waals surface area contributed by atoms with Crippen molar-refractivity contribution in [3.8, 4) is 5.75 Å². The molecule has 0 bridgehead atoms. The van der Waals surface area contributed by atoms with Crippen molar-refractivity contribution in [2.75, 3.05) is 12.4 Å². The van der Waals surface area contributed by atoms with E-state index in [0.29, 0.717) is 0 Å². The second-order valence-corrected chi connectivity index (χ2v) is 4.39. The first-order chi connectivity index (χ1) is 9.67. The van der Waals surface area contributed by atoms with Crippen molar-refractivity contribution in [2.45, 2.75) is 6.92 Å². The van der Waals surface area contributed by atoms with Crippen LogP contribution in [-0.4, -0.2) is 12.1 Å². The Bertz CT molecular complexity index is 630. The Morgan fingerprint density at radius 2 is 1.85 bits per heavy atom. The fourth-order valence-corrected chi connectivity index (χ4v) is 1.91. The third kappa shape index (κ3) is 2.88. The van der Waals surface area contributed by atoms with E-state index in [0.717, 1.165) is 34.1 Å². The molecule has 1 N–H and O–H groups in total. The van der Waals surface area contributed by atoms with Crippen LogP contribution < -0.4 is 10.1 Å². The summed E-state index contributed by atoms with van der Waals surface area (Å²) in [5.74, 6) is 1.64. The molecule has 0 unspecified atom stereocenters. The zero-order valence-corrected chi connectivity index (χ0v) is 11.8. The molecular formula is C17H18N2O. The summed E-state index contributed by atoms with van der Waals surface area (Å²) in [6.07, 6.45) is 3.52. The molecule has 1 aromatic carbocycles. The molecule has 0 aliphatic rings. The number of aryl methyl sites for hydroxylation is 1. The molecular weight excluding hydrogens is 248 g/mol. The Morgan fingerprint density at radius 3 is 2.40 bits per heavy atom. The zero-order valence-electron chi connectivity index (χ0n) is 11.8. The molecule has 0 fully saturated rings. The van der Waals surface area contributed by atoms with Gasteiger partial charge in [0, 0.05) is 5.69 Å². The van der Waals surface area contributed by atoms with Gasteiger partial charge in [-0.1, -0.05) is 19.2 Å². The summed E-state index contributed by atoms with van der Waals surface area (Å²) in [6, 6.07) is 9.77. The lowest BCUT2D eigenvalue weighted by molar-refractivity contribution is 0.415. The number of pyridine rings is 1. The van der Waals surface area contributed by atoms with Crippen LogP contribution in [0, 0.1) is 6.92 Å². The predicted molar refractivity (Wildman–Crippen MR) is 85.4 cm³/mol. The van der Waals surface area contributed by atoms with Crippen molar-refractivity contribution in [2.24, 2.45) is 0 Å². The standard InChI is InChI=1S/C17H18N2O/c1-5-13-11-12(3)17(19-16(13)6-2)18-14-7-9-15(20-4)10-8-14/h5-11H,1-2H2,3-4H3,(H,18,19). The molecule has 102 valence electrons. The van der Waals surface area contributed by atoms with Crippen LogP contribution in [-0.2, 0) is 0 Å². The van der Waals surface area contributed by atoms with Gasteiger partial charge in [-0.3, -0.25) is 0 Å². The minimum absolute atomic E-state index is 0.815. The number of rotatable bonds is 5. The van der Waals surface area contributed by atoms with E-state index < -0.39 is 0 Å². The van der Waals surface area contributed by atoms with E-state index in [2.05, 4.69) is 23.5 Å². The molecule has 3 heteroatoms. The molecule has 2 aromatic rings. The van der Waals surface area contributed by atoms with Crippen LogP contribution in [0.25, 0.3) is 12.2 Å². The Hall–Kier alpha value is -2.55. The van der Waals surface area contributed by atoms with Gasteiger partial charge in [0.1, 0.15) is 11.6 Å². The van der Waals surface area contributed by atoms with Gasteiger partial charge in [-0.05, 0) is 54.5 Å². The van der Waals surface area contributed by atoms with Crippen molar-refractivity contribution in [1.29, 1.82) is 0 Å². The van der Waals surface area contributed by atoms with Crippen LogP contribution >= 0.6 is 0 Å². The van der Waals surface area contributed by atoms with Crippen LogP contribution in [0.4, 0.5) is 11.5 Å². The number of methoxy groups -OCH3 is 1. The van der Waals surface area contributed by atoms with Crippen molar-refractivity contribution in [3.63, 3.8) is 0 Å². The summed E-state index contributed by atoms with van der Waals surface area (Å²) in [4.78, 5) is 4.57.